The standard InChI is InChI=1S/C13H13N3O4S/c1-9(17)14-13-15-10(8-21-13)6-7-20-12-4-2-11(3-5-12)16(18)19/h2-5,8H,6-7H2,1H3,(H,14,15,17). The van der Waals surface area contributed by atoms with Crippen molar-refractivity contribution in [2.75, 3.05) is 11.9 Å². The average Bonchev–Trinajstić information content (AvgIpc) is 2.86. The monoisotopic (exact) mass is 307 g/mol. The number of carbonyl (C=O) groups excluding carboxylic acids is 1. The Morgan fingerprint density at radius 3 is 2.76 bits per heavy atom. The first-order valence-electron chi connectivity index (χ1n) is 6.14. The number of nitro benzene ring substituents is 1. The molecule has 0 aliphatic heterocycles. The lowest BCUT2D eigenvalue weighted by atomic mass is 10.3. The number of benzene rings is 1. The van der Waals surface area contributed by atoms with Gasteiger partial charge in [-0.1, -0.05) is 0 Å². The van der Waals surface area contributed by atoms with Crippen LogP contribution in [0.25, 0.3) is 0 Å². The summed E-state index contributed by atoms with van der Waals surface area (Å²) in [5.41, 5.74) is 0.854. The maximum atomic E-state index is 10.9. The Morgan fingerprint density at radius 2 is 2.14 bits per heavy atom. The van der Waals surface area contributed by atoms with Crippen molar-refractivity contribution in [3.05, 3.63) is 45.5 Å². The minimum absolute atomic E-state index is 0.0294. The highest BCUT2D eigenvalue weighted by Gasteiger charge is 2.06. The van der Waals surface area contributed by atoms with Crippen LogP contribution in [0.4, 0.5) is 10.8 Å². The molecule has 7 nitrogen and oxygen atoms in total. The molecule has 1 amide bonds. The molecule has 0 fully saturated rings. The number of non-ortho nitro benzene ring substituents is 1. The Morgan fingerprint density at radius 1 is 1.43 bits per heavy atom. The molecule has 8 heteroatoms. The van der Waals surface area contributed by atoms with Gasteiger partial charge in [-0.15, -0.1) is 11.3 Å². The summed E-state index contributed by atoms with van der Waals surface area (Å²) in [6, 6.07) is 5.91. The average molecular weight is 307 g/mol. The van der Waals surface area contributed by atoms with E-state index in [9.17, 15) is 14.9 Å². The SMILES string of the molecule is CC(=O)Nc1nc(CCOc2ccc([N+](=O)[O-])cc2)cs1. The van der Waals surface area contributed by atoms with Gasteiger partial charge in [-0.05, 0) is 12.1 Å². The molecule has 2 aromatic rings. The highest BCUT2D eigenvalue weighted by atomic mass is 32.1. The molecule has 2 rings (SSSR count). The normalized spacial score (nSPS) is 10.1. The molecular formula is C13H13N3O4S. The predicted molar refractivity (Wildman–Crippen MR) is 78.7 cm³/mol. The van der Waals surface area contributed by atoms with Gasteiger partial charge in [0.25, 0.3) is 5.69 Å². The topological polar surface area (TPSA) is 94.4 Å². The number of hydrogen-bond donors (Lipinski definition) is 1. The second-order valence-corrected chi connectivity index (χ2v) is 5.03. The molecule has 0 aliphatic rings. The van der Waals surface area contributed by atoms with Crippen molar-refractivity contribution >= 4 is 28.1 Å². The van der Waals surface area contributed by atoms with E-state index in [0.29, 0.717) is 23.9 Å². The van der Waals surface area contributed by atoms with Gasteiger partial charge in [0.1, 0.15) is 5.75 Å². The van der Waals surface area contributed by atoms with Crippen molar-refractivity contribution in [3.63, 3.8) is 0 Å². The molecule has 110 valence electrons. The van der Waals surface area contributed by atoms with Gasteiger partial charge in [0.15, 0.2) is 5.13 Å². The number of thiazole rings is 1. The Kier molecular flexibility index (Phi) is 4.83. The third-order valence-electron chi connectivity index (χ3n) is 2.51. The molecule has 0 unspecified atom stereocenters. The van der Waals surface area contributed by atoms with Gasteiger partial charge in [0.05, 0.1) is 17.2 Å². The first kappa shape index (κ1) is 14.9. The number of rotatable bonds is 6. The van der Waals surface area contributed by atoms with E-state index < -0.39 is 4.92 Å². The first-order chi connectivity index (χ1) is 10.0. The van der Waals surface area contributed by atoms with E-state index in [2.05, 4.69) is 10.3 Å². The van der Waals surface area contributed by atoms with Crippen LogP contribution < -0.4 is 10.1 Å². The Hall–Kier alpha value is -2.48. The molecule has 1 aromatic heterocycles. The highest BCUT2D eigenvalue weighted by Crippen LogP contribution is 2.18. The zero-order chi connectivity index (χ0) is 15.2. The number of nitrogens with one attached hydrogen (secondary N) is 1. The van der Waals surface area contributed by atoms with E-state index in [1.165, 1.54) is 30.4 Å². The van der Waals surface area contributed by atoms with Gasteiger partial charge < -0.3 is 10.1 Å². The third kappa shape index (κ3) is 4.53. The molecule has 0 saturated carbocycles. The van der Waals surface area contributed by atoms with Crippen LogP contribution in [0.1, 0.15) is 12.6 Å². The second-order valence-electron chi connectivity index (χ2n) is 4.17. The van der Waals surface area contributed by atoms with Gasteiger partial charge in [-0.2, -0.15) is 0 Å². The number of carbonyl (C=O) groups is 1. The minimum Gasteiger partial charge on any atom is -0.493 e. The summed E-state index contributed by atoms with van der Waals surface area (Å²) < 4.78 is 5.49. The van der Waals surface area contributed by atoms with Crippen LogP contribution in [0, 0.1) is 10.1 Å². The maximum Gasteiger partial charge on any atom is 0.269 e. The number of anilines is 1. The summed E-state index contributed by atoms with van der Waals surface area (Å²) in [7, 11) is 0. The molecular weight excluding hydrogens is 294 g/mol. The largest absolute Gasteiger partial charge is 0.493 e. The zero-order valence-electron chi connectivity index (χ0n) is 11.2. The van der Waals surface area contributed by atoms with Crippen molar-refractivity contribution in [2.45, 2.75) is 13.3 Å². The van der Waals surface area contributed by atoms with Crippen LogP contribution in [-0.4, -0.2) is 22.4 Å². The maximum absolute atomic E-state index is 10.9. The minimum atomic E-state index is -0.456. The van der Waals surface area contributed by atoms with E-state index in [4.69, 9.17) is 4.74 Å². The summed E-state index contributed by atoms with van der Waals surface area (Å²) in [5, 5.41) is 15.5. The van der Waals surface area contributed by atoms with Crippen molar-refractivity contribution in [1.82, 2.24) is 4.98 Å². The number of nitrogens with zero attached hydrogens (tertiary/aromatic N) is 2. The molecule has 1 aromatic carbocycles. The fourth-order valence-corrected chi connectivity index (χ4v) is 2.36. The molecule has 1 heterocycles. The fourth-order valence-electron chi connectivity index (χ4n) is 1.57. The summed E-state index contributed by atoms with van der Waals surface area (Å²) in [6.45, 7) is 1.83. The lowest BCUT2D eigenvalue weighted by Crippen LogP contribution is -2.06. The van der Waals surface area contributed by atoms with Gasteiger partial charge in [-0.3, -0.25) is 14.9 Å². The lowest BCUT2D eigenvalue weighted by molar-refractivity contribution is -0.384. The predicted octanol–water partition coefficient (Wildman–Crippen LogP) is 2.63. The molecule has 1 N–H and O–H groups in total. The zero-order valence-corrected chi connectivity index (χ0v) is 12.1. The molecule has 0 atom stereocenters. The van der Waals surface area contributed by atoms with Crippen LogP contribution >= 0.6 is 11.3 Å². The van der Waals surface area contributed by atoms with Crippen LogP contribution in [0.5, 0.6) is 5.75 Å². The molecule has 0 saturated heterocycles. The Labute approximate surface area is 124 Å². The van der Waals surface area contributed by atoms with Gasteiger partial charge in [0, 0.05) is 30.9 Å². The molecule has 0 spiro atoms. The van der Waals surface area contributed by atoms with Crippen LogP contribution in [-0.2, 0) is 11.2 Å². The molecule has 0 bridgehead atoms. The fraction of sp³-hybridized carbons (Fsp3) is 0.231. The van der Waals surface area contributed by atoms with Gasteiger partial charge in [-0.25, -0.2) is 4.98 Å². The first-order valence-corrected chi connectivity index (χ1v) is 7.02. The van der Waals surface area contributed by atoms with Crippen molar-refractivity contribution in [3.8, 4) is 5.75 Å². The van der Waals surface area contributed by atoms with E-state index in [0.717, 1.165) is 5.69 Å². The van der Waals surface area contributed by atoms with Gasteiger partial charge in [0.2, 0.25) is 5.91 Å². The summed E-state index contributed by atoms with van der Waals surface area (Å²) in [6.07, 6.45) is 0.590. The Bertz CT molecular complexity index is 639. The van der Waals surface area contributed by atoms with E-state index in [1.54, 1.807) is 12.1 Å². The van der Waals surface area contributed by atoms with E-state index in [1.807, 2.05) is 5.38 Å². The number of nitro groups is 1. The smallest absolute Gasteiger partial charge is 0.269 e. The highest BCUT2D eigenvalue weighted by molar-refractivity contribution is 7.13. The Balaban J connectivity index is 1.82. The van der Waals surface area contributed by atoms with Crippen molar-refractivity contribution < 1.29 is 14.5 Å². The summed E-state index contributed by atoms with van der Waals surface area (Å²) in [4.78, 5) is 25.2. The van der Waals surface area contributed by atoms with E-state index >= 15 is 0 Å². The van der Waals surface area contributed by atoms with Crippen molar-refractivity contribution in [1.29, 1.82) is 0 Å². The van der Waals surface area contributed by atoms with Crippen LogP contribution in [0.2, 0.25) is 0 Å². The summed E-state index contributed by atoms with van der Waals surface area (Å²) >= 11 is 1.36. The number of hydrogen-bond acceptors (Lipinski definition) is 6. The number of amides is 1. The van der Waals surface area contributed by atoms with Gasteiger partial charge >= 0.3 is 0 Å². The lowest BCUT2D eigenvalue weighted by Gasteiger charge is -2.04. The van der Waals surface area contributed by atoms with Crippen LogP contribution in [0.15, 0.2) is 29.6 Å². The summed E-state index contributed by atoms with van der Waals surface area (Å²) in [5.74, 6) is 0.413. The molecule has 0 aliphatic carbocycles. The molecule has 0 radical (unpaired) electrons. The number of aromatic nitrogens is 1. The number of ether oxygens (including phenoxy) is 1. The molecule has 21 heavy (non-hydrogen) atoms. The second kappa shape index (κ2) is 6.80. The van der Waals surface area contributed by atoms with Crippen molar-refractivity contribution in [2.24, 2.45) is 0 Å². The quantitative estimate of drug-likeness (QED) is 0.654. The van der Waals surface area contributed by atoms with Crippen LogP contribution in [0.3, 0.4) is 0 Å². The van der Waals surface area contributed by atoms with E-state index in [-0.39, 0.29) is 11.6 Å². The third-order valence-corrected chi connectivity index (χ3v) is 3.32.